The molecule has 2 rings (SSSR count). The van der Waals surface area contributed by atoms with Crippen molar-refractivity contribution >= 4 is 47.4 Å². The molecule has 2 aliphatic rings. The first-order valence-corrected chi connectivity index (χ1v) is 15.7. The third kappa shape index (κ3) is 29.9. The minimum atomic E-state index is -0.562. The fraction of sp³-hybridized carbons (Fsp3) is 0.553. The number of carbonyl (C=O) groups is 6. The number of aliphatic imine (C=N–C) groups is 2. The highest BCUT2D eigenvalue weighted by atomic mass is 16.6. The highest BCUT2D eigenvalue weighted by Crippen LogP contribution is 2.12. The van der Waals surface area contributed by atoms with Gasteiger partial charge in [0.25, 0.3) is 0 Å². The molecule has 0 aromatic carbocycles. The van der Waals surface area contributed by atoms with E-state index in [1.807, 2.05) is 69.2 Å². The van der Waals surface area contributed by atoms with Crippen LogP contribution in [-0.2, 0) is 52.5 Å². The Morgan fingerprint density at radius 3 is 1.43 bits per heavy atom. The minimum absolute atomic E-state index is 0. The second kappa shape index (κ2) is 29.0. The molecule has 2 heterocycles. The molecule has 51 heavy (non-hydrogen) atoms. The molecule has 0 bridgehead atoms. The number of carbonyl (C=O) groups excluding carboxylic acids is 6. The van der Waals surface area contributed by atoms with E-state index in [9.17, 15) is 28.8 Å². The van der Waals surface area contributed by atoms with Crippen molar-refractivity contribution in [3.05, 3.63) is 51.2 Å². The Labute approximate surface area is 304 Å². The molecule has 0 radical (unpaired) electrons. The number of epoxide rings is 1. The molecule has 0 aromatic rings. The summed E-state index contributed by atoms with van der Waals surface area (Å²) in [4.78, 5) is 70.5. The first kappa shape index (κ1) is 53.1. The number of Topliss-reactive ketones (excluding diaryl/α,β-unsaturated/α-hetero) is 1. The average Bonchev–Trinajstić information content (AvgIpc) is 3.75. The summed E-state index contributed by atoms with van der Waals surface area (Å²) in [5, 5.41) is 0. The van der Waals surface area contributed by atoms with Crippen LogP contribution in [0.2, 0.25) is 0 Å². The molecular formula is C38H60N2O11. The molecule has 0 N–H and O–H groups in total. The molecule has 0 saturated carbocycles. The molecule has 0 spiro atoms. The molecule has 0 aliphatic carbocycles. The van der Waals surface area contributed by atoms with Crippen molar-refractivity contribution < 1.29 is 52.5 Å². The molecule has 2 aliphatic heterocycles. The Hall–Kier alpha value is -4.74. The number of esters is 5. The maximum absolute atomic E-state index is 11.2. The number of ether oxygens (including phenoxy) is 5. The van der Waals surface area contributed by atoms with Gasteiger partial charge in [0.05, 0.1) is 6.61 Å². The van der Waals surface area contributed by atoms with Gasteiger partial charge in [-0.1, -0.05) is 29.7 Å². The van der Waals surface area contributed by atoms with Crippen molar-refractivity contribution in [2.45, 2.75) is 117 Å². The fourth-order valence-corrected chi connectivity index (χ4v) is 2.37. The van der Waals surface area contributed by atoms with Crippen LogP contribution in [0.4, 0.5) is 0 Å². The van der Waals surface area contributed by atoms with Gasteiger partial charge in [-0.2, -0.15) is 0 Å². The fourth-order valence-electron chi connectivity index (χ4n) is 2.37. The van der Waals surface area contributed by atoms with E-state index in [4.69, 9.17) is 18.9 Å². The zero-order valence-corrected chi connectivity index (χ0v) is 32.5. The van der Waals surface area contributed by atoms with Crippen LogP contribution in [0, 0.1) is 0 Å². The number of rotatable bonds is 8. The standard InChI is InChI=1S/C9H13NO2.C9H14O3.C8H11NO2.C7H12O.C4H6O3.CH4/c1-5-10-6-12-9(11)8(4)7(2)3;1-6(2)7(3)9(10)12-5-8-4-11-8;1-5(2)6(3)8-9-4-7(10)11-8;1-5(2)6(3)7(4)8;1-3(5)7-4(2)6;/h1,6H2,2-4H3;8H,4-5H2,1-3H3;4H2,1-3H3;1-4H3;1-2H3;1H4. The minimum Gasteiger partial charge on any atom is -0.459 e. The van der Waals surface area contributed by atoms with Crippen LogP contribution in [0.3, 0.4) is 0 Å². The van der Waals surface area contributed by atoms with Gasteiger partial charge in [-0.05, 0) is 108 Å². The Bertz CT molecular complexity index is 1400. The summed E-state index contributed by atoms with van der Waals surface area (Å²) in [6.07, 6.45) is 0.152. The van der Waals surface area contributed by atoms with E-state index in [0.717, 1.165) is 40.0 Å². The van der Waals surface area contributed by atoms with Gasteiger partial charge in [0.2, 0.25) is 5.90 Å². The van der Waals surface area contributed by atoms with Gasteiger partial charge in [-0.15, -0.1) is 0 Å². The molecule has 1 fully saturated rings. The Morgan fingerprint density at radius 1 is 0.745 bits per heavy atom. The molecule has 13 nitrogen and oxygen atoms in total. The topological polar surface area (TPSA) is 177 Å². The molecule has 1 saturated heterocycles. The van der Waals surface area contributed by atoms with Crippen molar-refractivity contribution in [1.29, 1.82) is 0 Å². The monoisotopic (exact) mass is 720 g/mol. The van der Waals surface area contributed by atoms with Crippen LogP contribution < -0.4 is 0 Å². The Kier molecular flexibility index (Phi) is 30.2. The SMILES string of the molecule is C.C=C=NCOC(=O)C(C)=C(C)C.CC(=O)C(C)=C(C)C.CC(=O)OC(C)=O.CC(C)=C(C)C(=O)OCC1CO1.CC(C)=C(C)C1=NCC(=O)O1. The first-order chi connectivity index (χ1) is 23.0. The predicted octanol–water partition coefficient (Wildman–Crippen LogP) is 6.95. The first-order valence-electron chi connectivity index (χ1n) is 15.7. The molecule has 1 atom stereocenters. The number of nitrogens with zero attached hydrogens (tertiary/aromatic N) is 2. The van der Waals surface area contributed by atoms with E-state index in [0.29, 0.717) is 23.7 Å². The molecule has 0 aromatic heterocycles. The maximum atomic E-state index is 11.2. The van der Waals surface area contributed by atoms with E-state index in [2.05, 4.69) is 27.2 Å². The summed E-state index contributed by atoms with van der Waals surface area (Å²) in [6.45, 7) is 31.0. The van der Waals surface area contributed by atoms with Gasteiger partial charge in [0.15, 0.2) is 12.5 Å². The van der Waals surface area contributed by atoms with Gasteiger partial charge >= 0.3 is 29.8 Å². The summed E-state index contributed by atoms with van der Waals surface area (Å²) >= 11 is 0. The highest BCUT2D eigenvalue weighted by Gasteiger charge is 2.24. The average molecular weight is 721 g/mol. The van der Waals surface area contributed by atoms with Crippen molar-refractivity contribution in [3.8, 4) is 0 Å². The lowest BCUT2D eigenvalue weighted by molar-refractivity contribution is -0.156. The van der Waals surface area contributed by atoms with Gasteiger partial charge in [-0.3, -0.25) is 14.4 Å². The number of allylic oxidation sites excluding steroid dienone is 5. The molecule has 288 valence electrons. The summed E-state index contributed by atoms with van der Waals surface area (Å²) in [5.74, 6) is 0.967. The van der Waals surface area contributed by atoms with Gasteiger partial charge < -0.3 is 23.7 Å². The largest absolute Gasteiger partial charge is 0.459 e. The van der Waals surface area contributed by atoms with E-state index in [1.165, 1.54) is 13.8 Å². The highest BCUT2D eigenvalue weighted by molar-refractivity contribution is 6.04. The maximum Gasteiger partial charge on any atom is 0.335 e. The van der Waals surface area contributed by atoms with Crippen LogP contribution in [0.15, 0.2) is 61.1 Å². The normalized spacial score (nSPS) is 12.5. The van der Waals surface area contributed by atoms with Crippen LogP contribution in [-0.4, -0.2) is 80.0 Å². The van der Waals surface area contributed by atoms with Crippen LogP contribution in [0.1, 0.15) is 111 Å². The van der Waals surface area contributed by atoms with Crippen LogP contribution in [0.25, 0.3) is 0 Å². The van der Waals surface area contributed by atoms with Crippen LogP contribution >= 0.6 is 0 Å². The second-order valence-electron chi connectivity index (χ2n) is 11.7. The molecular weight excluding hydrogens is 660 g/mol. The smallest absolute Gasteiger partial charge is 0.335 e. The zero-order valence-electron chi connectivity index (χ0n) is 32.5. The van der Waals surface area contributed by atoms with E-state index < -0.39 is 11.9 Å². The lowest BCUT2D eigenvalue weighted by Crippen LogP contribution is -2.11. The van der Waals surface area contributed by atoms with E-state index in [1.54, 1.807) is 20.8 Å². The summed E-state index contributed by atoms with van der Waals surface area (Å²) in [6, 6.07) is 0. The zero-order chi connectivity index (χ0) is 39.7. The molecule has 1 unspecified atom stereocenters. The van der Waals surface area contributed by atoms with Crippen LogP contribution in [0.5, 0.6) is 0 Å². The summed E-state index contributed by atoms with van der Waals surface area (Å²) in [7, 11) is 0. The Balaban J connectivity index is -0.000000274. The number of hydrogen-bond donors (Lipinski definition) is 0. The van der Waals surface area contributed by atoms with Crippen molar-refractivity contribution in [3.63, 3.8) is 0 Å². The number of hydrogen-bond acceptors (Lipinski definition) is 13. The number of cyclic esters (lactones) is 1. The Morgan fingerprint density at radius 2 is 1.18 bits per heavy atom. The quantitative estimate of drug-likeness (QED) is 0.0633. The molecule has 13 heteroatoms. The number of ketones is 1. The van der Waals surface area contributed by atoms with Gasteiger partial charge in [-0.25, -0.2) is 24.4 Å². The van der Waals surface area contributed by atoms with Gasteiger partial charge in [0.1, 0.15) is 19.3 Å². The predicted molar refractivity (Wildman–Crippen MR) is 199 cm³/mol. The van der Waals surface area contributed by atoms with E-state index >= 15 is 0 Å². The third-order valence-corrected chi connectivity index (χ3v) is 6.49. The van der Waals surface area contributed by atoms with Crippen molar-refractivity contribution in [2.24, 2.45) is 9.98 Å². The second-order valence-corrected chi connectivity index (χ2v) is 11.7. The summed E-state index contributed by atoms with van der Waals surface area (Å²) in [5.41, 5.74) is 7.32. The summed E-state index contributed by atoms with van der Waals surface area (Å²) < 4.78 is 23.4. The van der Waals surface area contributed by atoms with E-state index in [-0.39, 0.29) is 50.5 Å². The van der Waals surface area contributed by atoms with Gasteiger partial charge in [0, 0.05) is 30.6 Å². The lowest BCUT2D eigenvalue weighted by atomic mass is 10.1. The molecule has 0 amide bonds. The van der Waals surface area contributed by atoms with Crippen molar-refractivity contribution in [1.82, 2.24) is 0 Å². The lowest BCUT2D eigenvalue weighted by Gasteiger charge is -2.03. The third-order valence-electron chi connectivity index (χ3n) is 6.49. The van der Waals surface area contributed by atoms with Crippen molar-refractivity contribution in [2.75, 3.05) is 26.5 Å².